The molecule has 128 valence electrons. The van der Waals surface area contributed by atoms with Crippen LogP contribution in [-0.4, -0.2) is 20.6 Å². The van der Waals surface area contributed by atoms with Gasteiger partial charge in [-0.25, -0.2) is 4.79 Å². The molecule has 0 radical (unpaired) electrons. The second-order valence-electron chi connectivity index (χ2n) is 5.50. The number of esters is 1. The topological polar surface area (TPSA) is 119 Å². The summed E-state index contributed by atoms with van der Waals surface area (Å²) in [6.45, 7) is 3.83. The number of hydrogen-bond acceptors (Lipinski definition) is 6. The van der Waals surface area contributed by atoms with E-state index in [2.05, 4.69) is 4.98 Å². The average Bonchev–Trinajstić information content (AvgIpc) is 2.84. The lowest BCUT2D eigenvalue weighted by Gasteiger charge is -2.20. The number of nitrogens with one attached hydrogen (secondary N) is 1. The van der Waals surface area contributed by atoms with Crippen molar-refractivity contribution in [3.05, 3.63) is 56.1 Å². The minimum absolute atomic E-state index is 0. The van der Waals surface area contributed by atoms with Crippen molar-refractivity contribution >= 4 is 18.2 Å². The Labute approximate surface area is 143 Å². The van der Waals surface area contributed by atoms with E-state index >= 15 is 0 Å². The number of rotatable bonds is 3. The number of carbonyl (C=O) groups excluding carboxylic acids is 1. The highest BCUT2D eigenvalue weighted by Crippen LogP contribution is 2.38. The number of aromatic amines is 1. The second kappa shape index (κ2) is 6.58. The number of hydrogen-bond donors (Lipinski definition) is 3. The van der Waals surface area contributed by atoms with Crippen molar-refractivity contribution in [2.75, 3.05) is 0 Å². The molecule has 0 saturated carbocycles. The molecular weight excluding hydrogens is 330 g/mol. The van der Waals surface area contributed by atoms with Crippen molar-refractivity contribution in [1.82, 2.24) is 15.7 Å². The SMILES string of the molecule is CCC(C)n1c(O)c(C2OC(=O)c3ccccc32)c(=O)[nH]c1=S.N. The minimum Gasteiger partial charge on any atom is -0.494 e. The van der Waals surface area contributed by atoms with Gasteiger partial charge in [0.2, 0.25) is 5.88 Å². The third-order valence-electron chi connectivity index (χ3n) is 4.13. The first-order valence-corrected chi connectivity index (χ1v) is 7.74. The molecule has 1 aromatic heterocycles. The van der Waals surface area contributed by atoms with E-state index in [9.17, 15) is 14.7 Å². The molecule has 5 N–H and O–H groups in total. The molecule has 1 aromatic carbocycles. The van der Waals surface area contributed by atoms with Crippen molar-refractivity contribution in [3.63, 3.8) is 0 Å². The molecule has 1 aliphatic rings. The Morgan fingerprint density at radius 1 is 1.38 bits per heavy atom. The van der Waals surface area contributed by atoms with Crippen LogP contribution in [0.2, 0.25) is 0 Å². The maximum absolute atomic E-state index is 12.3. The third-order valence-corrected chi connectivity index (χ3v) is 4.43. The molecule has 0 spiro atoms. The molecule has 2 aromatic rings. The highest BCUT2D eigenvalue weighted by molar-refractivity contribution is 7.71. The number of benzene rings is 1. The Bertz CT molecular complexity index is 903. The van der Waals surface area contributed by atoms with Crippen LogP contribution >= 0.6 is 12.2 Å². The van der Waals surface area contributed by atoms with Crippen molar-refractivity contribution in [1.29, 1.82) is 0 Å². The molecule has 7 nitrogen and oxygen atoms in total. The normalized spacial score (nSPS) is 16.9. The van der Waals surface area contributed by atoms with Gasteiger partial charge in [0.1, 0.15) is 5.56 Å². The van der Waals surface area contributed by atoms with E-state index in [1.165, 1.54) is 4.57 Å². The van der Waals surface area contributed by atoms with Gasteiger partial charge in [-0.05, 0) is 31.6 Å². The van der Waals surface area contributed by atoms with E-state index in [0.717, 1.165) is 0 Å². The summed E-state index contributed by atoms with van der Waals surface area (Å²) in [6.07, 6.45) is -0.220. The zero-order valence-electron chi connectivity index (χ0n) is 13.4. The number of H-pyrrole nitrogens is 1. The zero-order valence-corrected chi connectivity index (χ0v) is 14.2. The average molecular weight is 349 g/mol. The molecule has 0 amide bonds. The van der Waals surface area contributed by atoms with Crippen LogP contribution in [0.25, 0.3) is 0 Å². The summed E-state index contributed by atoms with van der Waals surface area (Å²) >= 11 is 5.14. The van der Waals surface area contributed by atoms with Crippen molar-refractivity contribution in [2.24, 2.45) is 0 Å². The molecule has 8 heteroatoms. The number of nitrogens with zero attached hydrogens (tertiary/aromatic N) is 1. The summed E-state index contributed by atoms with van der Waals surface area (Å²) < 4.78 is 6.94. The standard InChI is InChI=1S/C16H16N2O4S.H3N/c1-3-8(2)18-14(20)11(13(19)17-16(18)23)12-9-6-4-5-7-10(9)15(21)22-12;/h4-8,12,20H,3H2,1-2H3,(H,17,19,23);1H3. The van der Waals surface area contributed by atoms with Gasteiger partial charge in [0, 0.05) is 11.6 Å². The molecular formula is C16H19N3O4S. The van der Waals surface area contributed by atoms with Crippen molar-refractivity contribution in [3.8, 4) is 5.88 Å². The first-order chi connectivity index (χ1) is 11.0. The van der Waals surface area contributed by atoms with Crippen LogP contribution in [0.5, 0.6) is 5.88 Å². The van der Waals surface area contributed by atoms with Crippen LogP contribution in [0.4, 0.5) is 0 Å². The quantitative estimate of drug-likeness (QED) is 0.579. The molecule has 3 rings (SSSR count). The largest absolute Gasteiger partial charge is 0.494 e. The third kappa shape index (κ3) is 2.63. The molecule has 2 unspecified atom stereocenters. The summed E-state index contributed by atoms with van der Waals surface area (Å²) in [5, 5.41) is 10.6. The summed E-state index contributed by atoms with van der Waals surface area (Å²) in [6, 6.07) is 6.71. The number of carbonyl (C=O) groups is 1. The zero-order chi connectivity index (χ0) is 16.7. The van der Waals surface area contributed by atoms with E-state index in [1.54, 1.807) is 24.3 Å². The Hall–Kier alpha value is -2.45. The number of cyclic esters (lactones) is 1. The first-order valence-electron chi connectivity index (χ1n) is 7.33. The Morgan fingerprint density at radius 2 is 2.04 bits per heavy atom. The summed E-state index contributed by atoms with van der Waals surface area (Å²) in [4.78, 5) is 26.9. The second-order valence-corrected chi connectivity index (χ2v) is 5.88. The van der Waals surface area contributed by atoms with E-state index in [4.69, 9.17) is 17.0 Å². The predicted molar refractivity (Wildman–Crippen MR) is 91.3 cm³/mol. The fourth-order valence-corrected chi connectivity index (χ4v) is 3.10. The van der Waals surface area contributed by atoms with Crippen LogP contribution in [0.1, 0.15) is 53.9 Å². The van der Waals surface area contributed by atoms with Gasteiger partial charge < -0.3 is 16.0 Å². The Balaban J connectivity index is 0.00000208. The predicted octanol–water partition coefficient (Wildman–Crippen LogP) is 3.00. The lowest BCUT2D eigenvalue weighted by molar-refractivity contribution is 0.0448. The number of aromatic hydroxyl groups is 1. The van der Waals surface area contributed by atoms with Gasteiger partial charge in [-0.3, -0.25) is 14.3 Å². The van der Waals surface area contributed by atoms with Gasteiger partial charge >= 0.3 is 5.97 Å². The molecule has 2 atom stereocenters. The van der Waals surface area contributed by atoms with Gasteiger partial charge in [-0.15, -0.1) is 0 Å². The summed E-state index contributed by atoms with van der Waals surface area (Å²) in [7, 11) is 0. The molecule has 0 aliphatic carbocycles. The Kier molecular flexibility index (Phi) is 4.91. The first kappa shape index (κ1) is 17.9. The van der Waals surface area contributed by atoms with E-state index in [-0.39, 0.29) is 28.4 Å². The van der Waals surface area contributed by atoms with Crippen LogP contribution in [-0.2, 0) is 4.74 Å². The lowest BCUT2D eigenvalue weighted by Crippen LogP contribution is -2.23. The molecule has 24 heavy (non-hydrogen) atoms. The fraction of sp³-hybridized carbons (Fsp3) is 0.312. The monoisotopic (exact) mass is 349 g/mol. The number of aromatic nitrogens is 2. The van der Waals surface area contributed by atoms with Gasteiger partial charge in [0.25, 0.3) is 5.56 Å². The summed E-state index contributed by atoms with van der Waals surface area (Å²) in [5.41, 5.74) is 0.402. The minimum atomic E-state index is -0.937. The van der Waals surface area contributed by atoms with Crippen molar-refractivity contribution < 1.29 is 14.6 Å². The molecule has 0 saturated heterocycles. The maximum Gasteiger partial charge on any atom is 0.339 e. The number of ether oxygens (including phenoxy) is 1. The molecule has 1 aliphatic heterocycles. The molecule has 2 heterocycles. The van der Waals surface area contributed by atoms with Gasteiger partial charge in [-0.1, -0.05) is 25.1 Å². The molecule has 0 bridgehead atoms. The van der Waals surface area contributed by atoms with E-state index < -0.39 is 17.6 Å². The van der Waals surface area contributed by atoms with Crippen LogP contribution in [0, 0.1) is 4.77 Å². The highest BCUT2D eigenvalue weighted by Gasteiger charge is 2.36. The molecule has 0 fully saturated rings. The maximum atomic E-state index is 12.3. The van der Waals surface area contributed by atoms with Crippen LogP contribution < -0.4 is 11.7 Å². The van der Waals surface area contributed by atoms with Gasteiger partial charge in [0.15, 0.2) is 10.9 Å². The lowest BCUT2D eigenvalue weighted by atomic mass is 10.0. The Morgan fingerprint density at radius 3 is 2.71 bits per heavy atom. The number of fused-ring (bicyclic) bond motifs is 1. The van der Waals surface area contributed by atoms with E-state index in [1.807, 2.05) is 13.8 Å². The van der Waals surface area contributed by atoms with Crippen LogP contribution in [0.15, 0.2) is 29.1 Å². The highest BCUT2D eigenvalue weighted by atomic mass is 32.1. The van der Waals surface area contributed by atoms with E-state index in [0.29, 0.717) is 17.5 Å². The fourth-order valence-electron chi connectivity index (χ4n) is 2.74. The van der Waals surface area contributed by atoms with Gasteiger partial charge in [-0.2, -0.15) is 0 Å². The van der Waals surface area contributed by atoms with Crippen LogP contribution in [0.3, 0.4) is 0 Å². The van der Waals surface area contributed by atoms with Crippen molar-refractivity contribution in [2.45, 2.75) is 32.4 Å². The smallest absolute Gasteiger partial charge is 0.339 e. The summed E-state index contributed by atoms with van der Waals surface area (Å²) in [5.74, 6) is -0.774. The van der Waals surface area contributed by atoms with Gasteiger partial charge in [0.05, 0.1) is 5.56 Å².